The van der Waals surface area contributed by atoms with E-state index in [4.69, 9.17) is 0 Å². The third-order valence-corrected chi connectivity index (χ3v) is 5.51. The summed E-state index contributed by atoms with van der Waals surface area (Å²) in [5.41, 5.74) is 0.751. The van der Waals surface area contributed by atoms with Gasteiger partial charge in [0, 0.05) is 11.6 Å². The van der Waals surface area contributed by atoms with Crippen LogP contribution in [0.3, 0.4) is 0 Å². The summed E-state index contributed by atoms with van der Waals surface area (Å²) in [5.74, 6) is 0.597. The molecule has 0 aromatic heterocycles. The van der Waals surface area contributed by atoms with Gasteiger partial charge in [-0.2, -0.15) is 13.2 Å². The number of alkyl halides is 3. The van der Waals surface area contributed by atoms with Crippen molar-refractivity contribution in [2.24, 2.45) is 5.92 Å². The van der Waals surface area contributed by atoms with Crippen LogP contribution in [0.25, 0.3) is 0 Å². The summed E-state index contributed by atoms with van der Waals surface area (Å²) in [4.78, 5) is 2.56. The Morgan fingerprint density at radius 3 is 2.38 bits per heavy atom. The molecule has 0 bridgehead atoms. The van der Waals surface area contributed by atoms with Gasteiger partial charge in [0.05, 0.1) is 5.56 Å². The Hall–Kier alpha value is -1.03. The molecule has 21 heavy (non-hydrogen) atoms. The van der Waals surface area contributed by atoms with E-state index < -0.39 is 11.7 Å². The topological polar surface area (TPSA) is 3.24 Å². The predicted molar refractivity (Wildman–Crippen MR) is 76.9 cm³/mol. The molecular weight excluding hydrogens is 275 g/mol. The van der Waals surface area contributed by atoms with Crippen LogP contribution in [-0.4, -0.2) is 17.0 Å². The van der Waals surface area contributed by atoms with Crippen LogP contribution in [0.5, 0.6) is 0 Å². The lowest BCUT2D eigenvalue weighted by molar-refractivity contribution is -0.137. The van der Waals surface area contributed by atoms with Crippen molar-refractivity contribution in [2.75, 3.05) is 6.54 Å². The van der Waals surface area contributed by atoms with Gasteiger partial charge in [-0.25, -0.2) is 0 Å². The van der Waals surface area contributed by atoms with Gasteiger partial charge in [-0.3, -0.25) is 4.90 Å². The van der Waals surface area contributed by atoms with Crippen molar-refractivity contribution in [3.05, 3.63) is 35.4 Å². The number of fused-ring (bicyclic) bond motifs is 1. The molecule has 0 amide bonds. The third-order valence-electron chi connectivity index (χ3n) is 5.51. The molecular formula is C17H22F3N. The Bertz CT molecular complexity index is 506. The molecule has 2 aliphatic heterocycles. The van der Waals surface area contributed by atoms with Gasteiger partial charge < -0.3 is 0 Å². The second-order valence-corrected chi connectivity index (χ2v) is 6.73. The fourth-order valence-electron chi connectivity index (χ4n) is 4.35. The second-order valence-electron chi connectivity index (χ2n) is 6.73. The normalized spacial score (nSPS) is 30.1. The maximum atomic E-state index is 12.7. The van der Waals surface area contributed by atoms with Crippen molar-refractivity contribution in [3.8, 4) is 0 Å². The number of hydrogen-bond acceptors (Lipinski definition) is 1. The molecule has 1 aromatic carbocycles. The molecule has 2 heterocycles. The lowest BCUT2D eigenvalue weighted by Gasteiger charge is -2.38. The van der Waals surface area contributed by atoms with Crippen molar-refractivity contribution in [2.45, 2.75) is 57.3 Å². The van der Waals surface area contributed by atoms with E-state index in [-0.39, 0.29) is 11.6 Å². The van der Waals surface area contributed by atoms with Crippen molar-refractivity contribution < 1.29 is 13.2 Å². The van der Waals surface area contributed by atoms with E-state index in [1.54, 1.807) is 12.1 Å². The maximum Gasteiger partial charge on any atom is 0.416 e. The van der Waals surface area contributed by atoms with Crippen LogP contribution < -0.4 is 0 Å². The first-order valence-corrected chi connectivity index (χ1v) is 7.78. The van der Waals surface area contributed by atoms with Crippen LogP contribution in [0, 0.1) is 5.92 Å². The molecule has 0 radical (unpaired) electrons. The van der Waals surface area contributed by atoms with E-state index in [9.17, 15) is 13.2 Å². The first-order chi connectivity index (χ1) is 9.84. The Balaban J connectivity index is 1.85. The van der Waals surface area contributed by atoms with E-state index in [0.29, 0.717) is 5.92 Å². The van der Waals surface area contributed by atoms with Gasteiger partial charge in [0.25, 0.3) is 0 Å². The minimum Gasteiger partial charge on any atom is -0.290 e. The zero-order valence-corrected chi connectivity index (χ0v) is 12.6. The molecule has 0 spiro atoms. The highest BCUT2D eigenvalue weighted by Gasteiger charge is 2.51. The average Bonchev–Trinajstić information content (AvgIpc) is 2.96. The second kappa shape index (κ2) is 5.01. The quantitative estimate of drug-likeness (QED) is 0.740. The van der Waals surface area contributed by atoms with E-state index in [2.05, 4.69) is 18.7 Å². The van der Waals surface area contributed by atoms with Crippen LogP contribution in [0.15, 0.2) is 24.3 Å². The summed E-state index contributed by atoms with van der Waals surface area (Å²) >= 11 is 0. The Labute approximate surface area is 124 Å². The maximum absolute atomic E-state index is 12.7. The molecule has 2 aliphatic rings. The third kappa shape index (κ3) is 2.37. The number of rotatable bonds is 2. The van der Waals surface area contributed by atoms with Gasteiger partial charge in [0.2, 0.25) is 0 Å². The van der Waals surface area contributed by atoms with E-state index in [1.165, 1.54) is 25.0 Å². The summed E-state index contributed by atoms with van der Waals surface area (Å²) in [6.45, 7) is 5.62. The average molecular weight is 297 g/mol. The number of nitrogens with zero attached hydrogens (tertiary/aromatic N) is 1. The first kappa shape index (κ1) is 14.9. The lowest BCUT2D eigenvalue weighted by atomic mass is 9.83. The van der Waals surface area contributed by atoms with Gasteiger partial charge in [-0.15, -0.1) is 0 Å². The summed E-state index contributed by atoms with van der Waals surface area (Å²) in [6.07, 6.45) is 0.403. The van der Waals surface area contributed by atoms with Crippen LogP contribution in [0.2, 0.25) is 0 Å². The van der Waals surface area contributed by atoms with Crippen LogP contribution in [-0.2, 0) is 6.18 Å². The summed E-state index contributed by atoms with van der Waals surface area (Å²) in [6, 6.07) is 6.07. The van der Waals surface area contributed by atoms with E-state index in [1.807, 2.05) is 0 Å². The molecule has 4 heteroatoms. The summed E-state index contributed by atoms with van der Waals surface area (Å²) in [5, 5.41) is 0. The van der Waals surface area contributed by atoms with Gasteiger partial charge in [0.15, 0.2) is 0 Å². The standard InChI is InChI=1S/C17H22F3N/c1-12(2)16-9-3-11-21(16)15(8-10-16)13-4-6-14(7-5-13)17(18,19)20/h4-7,12,15H,3,8-11H2,1-2H3. The summed E-state index contributed by atoms with van der Waals surface area (Å²) < 4.78 is 38.0. The minimum absolute atomic E-state index is 0.271. The predicted octanol–water partition coefficient (Wildman–Crippen LogP) is 5.03. The molecule has 2 atom stereocenters. The molecule has 116 valence electrons. The Kier molecular flexibility index (Phi) is 3.55. The molecule has 0 N–H and O–H groups in total. The molecule has 0 aliphatic carbocycles. The van der Waals surface area contributed by atoms with Crippen molar-refractivity contribution >= 4 is 0 Å². The van der Waals surface area contributed by atoms with Crippen LogP contribution >= 0.6 is 0 Å². The van der Waals surface area contributed by atoms with Gasteiger partial charge in [-0.1, -0.05) is 26.0 Å². The zero-order valence-electron chi connectivity index (χ0n) is 12.6. The molecule has 1 aromatic rings. The van der Waals surface area contributed by atoms with Gasteiger partial charge in [-0.05, 0) is 55.8 Å². The fourth-order valence-corrected chi connectivity index (χ4v) is 4.35. The van der Waals surface area contributed by atoms with Crippen LogP contribution in [0.1, 0.15) is 56.7 Å². The largest absolute Gasteiger partial charge is 0.416 e. The highest BCUT2D eigenvalue weighted by molar-refractivity contribution is 5.29. The van der Waals surface area contributed by atoms with Crippen molar-refractivity contribution in [1.29, 1.82) is 0 Å². The highest BCUT2D eigenvalue weighted by Crippen LogP contribution is 2.52. The first-order valence-electron chi connectivity index (χ1n) is 7.78. The fraction of sp³-hybridized carbons (Fsp3) is 0.647. The van der Waals surface area contributed by atoms with Crippen molar-refractivity contribution in [3.63, 3.8) is 0 Å². The molecule has 3 rings (SSSR count). The van der Waals surface area contributed by atoms with Crippen molar-refractivity contribution in [1.82, 2.24) is 4.90 Å². The smallest absolute Gasteiger partial charge is 0.290 e. The number of benzene rings is 1. The zero-order chi connectivity index (χ0) is 15.3. The van der Waals surface area contributed by atoms with Gasteiger partial charge in [0.1, 0.15) is 0 Å². The molecule has 2 fully saturated rings. The Morgan fingerprint density at radius 1 is 1.14 bits per heavy atom. The molecule has 2 unspecified atom stereocenters. The van der Waals surface area contributed by atoms with Crippen LogP contribution in [0.4, 0.5) is 13.2 Å². The van der Waals surface area contributed by atoms with E-state index >= 15 is 0 Å². The van der Waals surface area contributed by atoms with E-state index in [0.717, 1.165) is 24.9 Å². The molecule has 1 nitrogen and oxygen atoms in total. The Morgan fingerprint density at radius 2 is 1.81 bits per heavy atom. The SMILES string of the molecule is CC(C)C12CCCN1C(c1ccc(C(F)(F)F)cc1)CC2. The number of halogens is 3. The number of hydrogen-bond donors (Lipinski definition) is 0. The molecule has 0 saturated carbocycles. The van der Waals surface area contributed by atoms with Gasteiger partial charge >= 0.3 is 6.18 Å². The minimum atomic E-state index is -4.25. The summed E-state index contributed by atoms with van der Waals surface area (Å²) in [7, 11) is 0. The molecule has 2 saturated heterocycles. The highest BCUT2D eigenvalue weighted by atomic mass is 19.4. The monoisotopic (exact) mass is 297 g/mol. The lowest BCUT2D eigenvalue weighted by Crippen LogP contribution is -2.43.